The Morgan fingerprint density at radius 2 is 2.06 bits per heavy atom. The van der Waals surface area contributed by atoms with Crippen LogP contribution in [0.15, 0.2) is 18.2 Å². The van der Waals surface area contributed by atoms with Crippen molar-refractivity contribution in [2.75, 3.05) is 19.7 Å². The van der Waals surface area contributed by atoms with Gasteiger partial charge >= 0.3 is 0 Å². The van der Waals surface area contributed by atoms with E-state index in [9.17, 15) is 4.39 Å². The Morgan fingerprint density at radius 3 is 2.75 bits per heavy atom. The lowest BCUT2D eigenvalue weighted by Crippen LogP contribution is -2.18. The number of aliphatic hydroxyl groups excluding tert-OH is 1. The van der Waals surface area contributed by atoms with Gasteiger partial charge in [-0.2, -0.15) is 0 Å². The van der Waals surface area contributed by atoms with Gasteiger partial charge in [-0.25, -0.2) is 4.39 Å². The predicted octanol–water partition coefficient (Wildman–Crippen LogP) is 2.38. The highest BCUT2D eigenvalue weighted by Crippen LogP contribution is 2.15. The smallest absolute Gasteiger partial charge is 0.141 e. The maximum absolute atomic E-state index is 12.9. The summed E-state index contributed by atoms with van der Waals surface area (Å²) in [5.74, 6) is -0.374. The lowest BCUT2D eigenvalue weighted by molar-refractivity contribution is 0.284. The van der Waals surface area contributed by atoms with Crippen molar-refractivity contribution in [3.05, 3.63) is 34.6 Å². The second-order valence-corrected chi connectivity index (χ2v) is 4.09. The maximum atomic E-state index is 12.9. The second kappa shape index (κ2) is 7.60. The molecule has 0 bridgehead atoms. The van der Waals surface area contributed by atoms with Gasteiger partial charge in [0.15, 0.2) is 0 Å². The van der Waals surface area contributed by atoms with Crippen molar-refractivity contribution in [1.82, 2.24) is 5.32 Å². The fourth-order valence-electron chi connectivity index (χ4n) is 1.41. The first-order valence-corrected chi connectivity index (χ1v) is 5.87. The van der Waals surface area contributed by atoms with Crippen molar-refractivity contribution in [2.45, 2.75) is 19.3 Å². The van der Waals surface area contributed by atoms with Gasteiger partial charge in [-0.3, -0.25) is 0 Å². The number of nitrogens with one attached hydrogen (secondary N) is 1. The van der Waals surface area contributed by atoms with Crippen LogP contribution in [0.2, 0.25) is 5.02 Å². The van der Waals surface area contributed by atoms with E-state index in [0.717, 1.165) is 37.9 Å². The molecule has 0 amide bonds. The number of rotatable bonds is 7. The summed E-state index contributed by atoms with van der Waals surface area (Å²) in [7, 11) is 0. The molecule has 0 aliphatic heterocycles. The molecular weight excluding hydrogens is 229 g/mol. The lowest BCUT2D eigenvalue weighted by atomic mass is 10.1. The molecule has 0 spiro atoms. The number of halogens is 2. The third-order valence-corrected chi connectivity index (χ3v) is 2.63. The van der Waals surface area contributed by atoms with E-state index < -0.39 is 0 Å². The van der Waals surface area contributed by atoms with Crippen molar-refractivity contribution < 1.29 is 9.50 Å². The summed E-state index contributed by atoms with van der Waals surface area (Å²) >= 11 is 5.67. The van der Waals surface area contributed by atoms with E-state index in [1.165, 1.54) is 6.07 Å². The average molecular weight is 246 g/mol. The zero-order valence-electron chi connectivity index (χ0n) is 9.18. The van der Waals surface area contributed by atoms with Crippen molar-refractivity contribution in [1.29, 1.82) is 0 Å². The molecule has 0 saturated heterocycles. The van der Waals surface area contributed by atoms with Gasteiger partial charge in [0.1, 0.15) is 5.82 Å². The number of unbranched alkanes of at least 4 members (excludes halogenated alkanes) is 1. The first-order valence-electron chi connectivity index (χ1n) is 5.49. The Bertz CT molecular complexity index is 320. The summed E-state index contributed by atoms with van der Waals surface area (Å²) < 4.78 is 12.9. The molecule has 2 nitrogen and oxygen atoms in total. The number of benzene rings is 1. The first kappa shape index (κ1) is 13.4. The number of hydrogen-bond acceptors (Lipinski definition) is 2. The van der Waals surface area contributed by atoms with Crippen LogP contribution in [0.3, 0.4) is 0 Å². The van der Waals surface area contributed by atoms with E-state index in [1.807, 2.05) is 0 Å². The van der Waals surface area contributed by atoms with Crippen molar-refractivity contribution in [2.24, 2.45) is 0 Å². The van der Waals surface area contributed by atoms with E-state index in [4.69, 9.17) is 16.7 Å². The SMILES string of the molecule is OCCCCNCCc1ccc(F)c(Cl)c1. The fourth-order valence-corrected chi connectivity index (χ4v) is 1.62. The van der Waals surface area contributed by atoms with Gasteiger partial charge in [0.25, 0.3) is 0 Å². The summed E-state index contributed by atoms with van der Waals surface area (Å²) in [6, 6.07) is 4.80. The van der Waals surface area contributed by atoms with Crippen LogP contribution in [0, 0.1) is 5.82 Å². The zero-order chi connectivity index (χ0) is 11.8. The molecule has 0 saturated carbocycles. The molecular formula is C12H17ClFNO. The average Bonchev–Trinajstić information content (AvgIpc) is 2.28. The minimum Gasteiger partial charge on any atom is -0.396 e. The molecule has 0 heterocycles. The van der Waals surface area contributed by atoms with Crippen LogP contribution in [0.4, 0.5) is 4.39 Å². The lowest BCUT2D eigenvalue weighted by Gasteiger charge is -2.05. The van der Waals surface area contributed by atoms with Crippen molar-refractivity contribution in [3.63, 3.8) is 0 Å². The topological polar surface area (TPSA) is 32.3 Å². The third-order valence-electron chi connectivity index (χ3n) is 2.34. The Kier molecular flexibility index (Phi) is 6.38. The largest absolute Gasteiger partial charge is 0.396 e. The van der Waals surface area contributed by atoms with Crippen LogP contribution < -0.4 is 5.32 Å². The van der Waals surface area contributed by atoms with Gasteiger partial charge in [-0.1, -0.05) is 17.7 Å². The molecule has 1 rings (SSSR count). The third kappa shape index (κ3) is 4.92. The normalized spacial score (nSPS) is 10.7. The molecule has 0 radical (unpaired) electrons. The Morgan fingerprint density at radius 1 is 1.25 bits per heavy atom. The van der Waals surface area contributed by atoms with Crippen molar-refractivity contribution >= 4 is 11.6 Å². The van der Waals surface area contributed by atoms with Gasteiger partial charge in [0.05, 0.1) is 5.02 Å². The molecule has 1 aromatic rings. The Labute approximate surface area is 100 Å². The summed E-state index contributed by atoms with van der Waals surface area (Å²) in [5.41, 5.74) is 1.03. The minimum atomic E-state index is -0.374. The van der Waals surface area contributed by atoms with Crippen LogP contribution in [-0.2, 0) is 6.42 Å². The van der Waals surface area contributed by atoms with Gasteiger partial charge < -0.3 is 10.4 Å². The molecule has 0 fully saturated rings. The van der Waals surface area contributed by atoms with Crippen LogP contribution in [-0.4, -0.2) is 24.8 Å². The highest BCUT2D eigenvalue weighted by molar-refractivity contribution is 6.30. The van der Waals surface area contributed by atoms with Gasteiger partial charge in [0, 0.05) is 6.61 Å². The summed E-state index contributed by atoms with van der Waals surface area (Å²) in [4.78, 5) is 0. The van der Waals surface area contributed by atoms with Crippen LogP contribution >= 0.6 is 11.6 Å². The monoisotopic (exact) mass is 245 g/mol. The quantitative estimate of drug-likeness (QED) is 0.723. The fraction of sp³-hybridized carbons (Fsp3) is 0.500. The number of hydrogen-bond donors (Lipinski definition) is 2. The van der Waals surface area contributed by atoms with Crippen LogP contribution in [0.25, 0.3) is 0 Å². The second-order valence-electron chi connectivity index (χ2n) is 3.68. The highest BCUT2D eigenvalue weighted by Gasteiger charge is 2.00. The highest BCUT2D eigenvalue weighted by atomic mass is 35.5. The Hall–Kier alpha value is -0.640. The molecule has 0 unspecified atom stereocenters. The molecule has 16 heavy (non-hydrogen) atoms. The van der Waals surface area contributed by atoms with Crippen molar-refractivity contribution in [3.8, 4) is 0 Å². The van der Waals surface area contributed by atoms with E-state index >= 15 is 0 Å². The van der Waals surface area contributed by atoms with E-state index in [-0.39, 0.29) is 17.4 Å². The van der Waals surface area contributed by atoms with Gasteiger partial charge in [-0.05, 0) is 50.0 Å². The molecule has 90 valence electrons. The standard InChI is InChI=1S/C12H17ClFNO/c13-11-9-10(3-4-12(11)14)5-7-15-6-1-2-8-16/h3-4,9,15-16H,1-2,5-8H2. The molecule has 0 aliphatic rings. The van der Waals surface area contributed by atoms with E-state index in [1.54, 1.807) is 12.1 Å². The minimum absolute atomic E-state index is 0.179. The van der Waals surface area contributed by atoms with E-state index in [2.05, 4.69) is 5.32 Å². The summed E-state index contributed by atoms with van der Waals surface area (Å²) in [6.07, 6.45) is 2.63. The van der Waals surface area contributed by atoms with E-state index in [0.29, 0.717) is 0 Å². The van der Waals surface area contributed by atoms with Gasteiger partial charge in [0.2, 0.25) is 0 Å². The summed E-state index contributed by atoms with van der Waals surface area (Å²) in [6.45, 7) is 1.98. The molecule has 0 aliphatic carbocycles. The van der Waals surface area contributed by atoms with Gasteiger partial charge in [-0.15, -0.1) is 0 Å². The van der Waals surface area contributed by atoms with Crippen LogP contribution in [0.1, 0.15) is 18.4 Å². The molecule has 1 aromatic carbocycles. The molecule has 4 heteroatoms. The number of aliphatic hydroxyl groups is 1. The predicted molar refractivity (Wildman–Crippen MR) is 64.3 cm³/mol. The van der Waals surface area contributed by atoms with Crippen LogP contribution in [0.5, 0.6) is 0 Å². The molecule has 0 atom stereocenters. The first-order chi connectivity index (χ1) is 7.74. The Balaban J connectivity index is 2.19. The maximum Gasteiger partial charge on any atom is 0.141 e. The summed E-state index contributed by atoms with van der Waals surface area (Å²) in [5, 5.41) is 12.0. The zero-order valence-corrected chi connectivity index (χ0v) is 9.93. The molecule has 2 N–H and O–H groups in total. The molecule has 0 aromatic heterocycles.